The molecule has 1 aliphatic rings. The number of rotatable bonds is 1. The molecule has 25 heavy (non-hydrogen) atoms. The van der Waals surface area contributed by atoms with Crippen LogP contribution in [0, 0.1) is 17.2 Å². The van der Waals surface area contributed by atoms with Gasteiger partial charge in [0.15, 0.2) is 0 Å². The molecule has 130 valence electrons. The average Bonchev–Trinajstić information content (AvgIpc) is 2.92. The smallest absolute Gasteiger partial charge is 0.260 e. The van der Waals surface area contributed by atoms with E-state index in [0.29, 0.717) is 22.7 Å². The summed E-state index contributed by atoms with van der Waals surface area (Å²) in [5, 5.41) is 0.701. The summed E-state index contributed by atoms with van der Waals surface area (Å²) in [7, 11) is 0. The van der Waals surface area contributed by atoms with Crippen LogP contribution in [0.3, 0.4) is 0 Å². The van der Waals surface area contributed by atoms with Crippen LogP contribution < -0.4 is 5.56 Å². The van der Waals surface area contributed by atoms with Gasteiger partial charge in [-0.25, -0.2) is 9.37 Å². The number of benzene rings is 1. The Bertz CT molecular complexity index is 1010. The van der Waals surface area contributed by atoms with Gasteiger partial charge in [-0.1, -0.05) is 32.9 Å². The van der Waals surface area contributed by atoms with Gasteiger partial charge in [-0.15, -0.1) is 11.3 Å². The first-order valence-electron chi connectivity index (χ1n) is 8.64. The molecule has 0 spiro atoms. The third-order valence-electron chi connectivity index (χ3n) is 5.27. The Morgan fingerprint density at radius 1 is 1.28 bits per heavy atom. The second-order valence-corrected chi connectivity index (χ2v) is 8.97. The minimum Gasteiger partial charge on any atom is -0.306 e. The van der Waals surface area contributed by atoms with Crippen molar-refractivity contribution in [2.45, 2.75) is 40.0 Å². The molecule has 1 aromatic carbocycles. The van der Waals surface area contributed by atoms with Crippen molar-refractivity contribution < 1.29 is 4.39 Å². The van der Waals surface area contributed by atoms with E-state index in [9.17, 15) is 9.18 Å². The lowest BCUT2D eigenvalue weighted by atomic mass is 9.72. The molecule has 1 aliphatic carbocycles. The summed E-state index contributed by atoms with van der Waals surface area (Å²) in [5.74, 6) is 0.541. The van der Waals surface area contributed by atoms with E-state index < -0.39 is 0 Å². The van der Waals surface area contributed by atoms with Crippen molar-refractivity contribution in [1.82, 2.24) is 9.97 Å². The molecule has 3 aromatic rings. The Morgan fingerprint density at radius 2 is 2.04 bits per heavy atom. The predicted molar refractivity (Wildman–Crippen MR) is 101 cm³/mol. The maximum Gasteiger partial charge on any atom is 0.260 e. The molecule has 1 unspecified atom stereocenters. The zero-order valence-electron chi connectivity index (χ0n) is 14.6. The third-order valence-corrected chi connectivity index (χ3v) is 6.42. The first-order valence-corrected chi connectivity index (χ1v) is 9.45. The second-order valence-electron chi connectivity index (χ2n) is 7.88. The molecular formula is C20H21FN2OS. The van der Waals surface area contributed by atoms with Gasteiger partial charge in [0.1, 0.15) is 16.5 Å². The van der Waals surface area contributed by atoms with Crippen LogP contribution in [0.4, 0.5) is 4.39 Å². The summed E-state index contributed by atoms with van der Waals surface area (Å²) in [6, 6.07) is 6.40. The predicted octanol–water partition coefficient (Wildman–Crippen LogP) is 4.94. The molecule has 0 bridgehead atoms. The average molecular weight is 356 g/mol. The fourth-order valence-electron chi connectivity index (χ4n) is 3.70. The van der Waals surface area contributed by atoms with E-state index in [1.165, 1.54) is 10.9 Å². The Hall–Kier alpha value is -2.01. The highest BCUT2D eigenvalue weighted by Gasteiger charge is 2.31. The molecule has 0 radical (unpaired) electrons. The van der Waals surface area contributed by atoms with E-state index in [0.717, 1.165) is 29.7 Å². The first kappa shape index (κ1) is 16.5. The van der Waals surface area contributed by atoms with Crippen LogP contribution >= 0.6 is 11.3 Å². The minimum atomic E-state index is -0.376. The summed E-state index contributed by atoms with van der Waals surface area (Å²) >= 11 is 1.59. The van der Waals surface area contributed by atoms with Crippen molar-refractivity contribution in [3.05, 3.63) is 50.9 Å². The number of halogens is 1. The summed E-state index contributed by atoms with van der Waals surface area (Å²) < 4.78 is 14.1. The van der Waals surface area contributed by atoms with Crippen molar-refractivity contribution in [2.75, 3.05) is 0 Å². The maximum atomic E-state index is 14.1. The number of aryl methyl sites for hydroxylation is 1. The lowest BCUT2D eigenvalue weighted by Crippen LogP contribution is -2.26. The molecular weight excluding hydrogens is 335 g/mol. The molecule has 0 amide bonds. The van der Waals surface area contributed by atoms with Gasteiger partial charge in [0.2, 0.25) is 0 Å². The molecule has 1 atom stereocenters. The molecule has 0 fully saturated rings. The number of hydrogen-bond donors (Lipinski definition) is 1. The van der Waals surface area contributed by atoms with Crippen molar-refractivity contribution >= 4 is 21.6 Å². The number of aromatic nitrogens is 2. The summed E-state index contributed by atoms with van der Waals surface area (Å²) in [5.41, 5.74) is 1.58. The standard InChI is InChI=1S/C20H21FN2OS/c1-20(2,3)11-8-9-13-15(10-11)25-19-16(13)18(24)22-17(23-19)12-6-4-5-7-14(12)21/h4-7,11H,8-10H2,1-3H3,(H,22,23,24). The number of H-pyrrole nitrogens is 1. The highest BCUT2D eigenvalue weighted by atomic mass is 32.1. The van der Waals surface area contributed by atoms with E-state index in [-0.39, 0.29) is 16.8 Å². The normalized spacial score (nSPS) is 17.7. The van der Waals surface area contributed by atoms with Gasteiger partial charge in [0, 0.05) is 4.88 Å². The number of fused-ring (bicyclic) bond motifs is 3. The van der Waals surface area contributed by atoms with Crippen LogP contribution in [0.25, 0.3) is 21.6 Å². The lowest BCUT2D eigenvalue weighted by Gasteiger charge is -2.33. The zero-order chi connectivity index (χ0) is 17.8. The zero-order valence-corrected chi connectivity index (χ0v) is 15.5. The Morgan fingerprint density at radius 3 is 2.76 bits per heavy atom. The largest absolute Gasteiger partial charge is 0.306 e. The summed E-state index contributed by atoms with van der Waals surface area (Å²) in [6.45, 7) is 6.83. The van der Waals surface area contributed by atoms with E-state index in [1.807, 2.05) is 0 Å². The number of nitrogens with one attached hydrogen (secondary N) is 1. The molecule has 0 saturated heterocycles. The highest BCUT2D eigenvalue weighted by molar-refractivity contribution is 7.18. The summed E-state index contributed by atoms with van der Waals surface area (Å²) in [6.07, 6.45) is 3.01. The number of nitrogens with zero attached hydrogens (tertiary/aromatic N) is 1. The molecule has 1 N–H and O–H groups in total. The molecule has 0 saturated carbocycles. The molecule has 5 heteroatoms. The van der Waals surface area contributed by atoms with Gasteiger partial charge >= 0.3 is 0 Å². The molecule has 2 aromatic heterocycles. The Balaban J connectivity index is 1.85. The Kier molecular flexibility index (Phi) is 3.80. The number of aromatic amines is 1. The van der Waals surface area contributed by atoms with Crippen LogP contribution in [-0.4, -0.2) is 9.97 Å². The number of thiophene rings is 1. The fraction of sp³-hybridized carbons (Fsp3) is 0.400. The second kappa shape index (κ2) is 5.77. The van der Waals surface area contributed by atoms with Crippen molar-refractivity contribution in [2.24, 2.45) is 11.3 Å². The molecule has 4 rings (SSSR count). The van der Waals surface area contributed by atoms with Crippen molar-refractivity contribution in [3.8, 4) is 11.4 Å². The van der Waals surface area contributed by atoms with Crippen LogP contribution in [0.2, 0.25) is 0 Å². The maximum absolute atomic E-state index is 14.1. The van der Waals surface area contributed by atoms with Crippen molar-refractivity contribution in [3.63, 3.8) is 0 Å². The fourth-order valence-corrected chi connectivity index (χ4v) is 5.00. The van der Waals surface area contributed by atoms with E-state index >= 15 is 0 Å². The van der Waals surface area contributed by atoms with Crippen LogP contribution in [-0.2, 0) is 12.8 Å². The quantitative estimate of drug-likeness (QED) is 0.671. The Labute approximate surface area is 149 Å². The van der Waals surface area contributed by atoms with Gasteiger partial charge in [0.05, 0.1) is 10.9 Å². The van der Waals surface area contributed by atoms with E-state index in [2.05, 4.69) is 30.7 Å². The monoisotopic (exact) mass is 356 g/mol. The third kappa shape index (κ3) is 2.80. The van der Waals surface area contributed by atoms with Crippen LogP contribution in [0.5, 0.6) is 0 Å². The van der Waals surface area contributed by atoms with Gasteiger partial charge in [-0.05, 0) is 48.3 Å². The van der Waals surface area contributed by atoms with Gasteiger partial charge in [-0.3, -0.25) is 4.79 Å². The van der Waals surface area contributed by atoms with Gasteiger partial charge in [-0.2, -0.15) is 0 Å². The SMILES string of the molecule is CC(C)(C)C1CCc2c(sc3nc(-c4ccccc4F)[nH]c(=O)c23)C1. The van der Waals surface area contributed by atoms with Gasteiger partial charge < -0.3 is 4.98 Å². The van der Waals surface area contributed by atoms with Crippen LogP contribution in [0.15, 0.2) is 29.1 Å². The lowest BCUT2D eigenvalue weighted by molar-refractivity contribution is 0.218. The highest BCUT2D eigenvalue weighted by Crippen LogP contribution is 2.42. The number of hydrogen-bond acceptors (Lipinski definition) is 3. The van der Waals surface area contributed by atoms with E-state index in [4.69, 9.17) is 0 Å². The topological polar surface area (TPSA) is 45.8 Å². The minimum absolute atomic E-state index is 0.157. The molecule has 2 heterocycles. The first-order chi connectivity index (χ1) is 11.8. The van der Waals surface area contributed by atoms with Crippen LogP contribution in [0.1, 0.15) is 37.6 Å². The van der Waals surface area contributed by atoms with E-state index in [1.54, 1.807) is 29.5 Å². The molecule has 0 aliphatic heterocycles. The van der Waals surface area contributed by atoms with Crippen molar-refractivity contribution in [1.29, 1.82) is 0 Å². The summed E-state index contributed by atoms with van der Waals surface area (Å²) in [4.78, 5) is 22.0. The van der Waals surface area contributed by atoms with Gasteiger partial charge in [0.25, 0.3) is 5.56 Å². The molecule has 3 nitrogen and oxygen atoms in total.